The van der Waals surface area contributed by atoms with Gasteiger partial charge < -0.3 is 15.5 Å². The third-order valence-electron chi connectivity index (χ3n) is 3.80. The fourth-order valence-electron chi connectivity index (χ4n) is 2.64. The minimum absolute atomic E-state index is 0.00922. The van der Waals surface area contributed by atoms with Gasteiger partial charge >= 0.3 is 0 Å². The number of nitrogens with one attached hydrogen (secondary N) is 2. The number of fused-ring (bicyclic) bond motifs is 1. The molecular formula is C16H23N3O2. The first-order chi connectivity index (χ1) is 10.2. The maximum atomic E-state index is 12.6. The zero-order valence-corrected chi connectivity index (χ0v) is 12.7. The zero-order valence-electron chi connectivity index (χ0n) is 12.7. The van der Waals surface area contributed by atoms with Crippen molar-refractivity contribution in [2.75, 3.05) is 20.1 Å². The lowest BCUT2D eigenvalue weighted by Gasteiger charge is -2.30. The average molecular weight is 289 g/mol. The van der Waals surface area contributed by atoms with Gasteiger partial charge in [0.2, 0.25) is 11.8 Å². The largest absolute Gasteiger partial charge is 0.358 e. The second-order valence-electron chi connectivity index (χ2n) is 5.34. The third-order valence-corrected chi connectivity index (χ3v) is 3.80. The predicted octanol–water partition coefficient (Wildman–Crippen LogP) is 0.686. The summed E-state index contributed by atoms with van der Waals surface area (Å²) in [5.41, 5.74) is 2.46. The Kier molecular flexibility index (Phi) is 5.33. The van der Waals surface area contributed by atoms with Crippen molar-refractivity contribution in [1.82, 2.24) is 15.5 Å². The van der Waals surface area contributed by atoms with Crippen LogP contribution in [0.3, 0.4) is 0 Å². The molecule has 1 aromatic rings. The lowest BCUT2D eigenvalue weighted by Crippen LogP contribution is -2.51. The summed E-state index contributed by atoms with van der Waals surface area (Å²) in [4.78, 5) is 25.8. The molecule has 114 valence electrons. The molecule has 0 radical (unpaired) electrons. The van der Waals surface area contributed by atoms with Gasteiger partial charge in [-0.05, 0) is 24.0 Å². The van der Waals surface area contributed by atoms with Crippen molar-refractivity contribution >= 4 is 11.8 Å². The Labute approximate surface area is 125 Å². The van der Waals surface area contributed by atoms with Gasteiger partial charge in [-0.25, -0.2) is 0 Å². The fraction of sp³-hybridized carbons (Fsp3) is 0.500. The first-order valence-electron chi connectivity index (χ1n) is 7.45. The number of hydrogen-bond donors (Lipinski definition) is 2. The highest BCUT2D eigenvalue weighted by Crippen LogP contribution is 2.17. The summed E-state index contributed by atoms with van der Waals surface area (Å²) in [6.07, 6.45) is 1.52. The van der Waals surface area contributed by atoms with Crippen LogP contribution in [0.4, 0.5) is 0 Å². The molecule has 21 heavy (non-hydrogen) atoms. The molecule has 0 saturated heterocycles. The molecule has 2 N–H and O–H groups in total. The molecule has 1 aliphatic heterocycles. The van der Waals surface area contributed by atoms with Crippen molar-refractivity contribution in [3.63, 3.8) is 0 Å². The van der Waals surface area contributed by atoms with E-state index in [1.807, 2.05) is 19.1 Å². The SMILES string of the molecule is CCCN(CC(=O)NC)C(=O)[C@@H]1Cc2ccccc2CN1. The van der Waals surface area contributed by atoms with Gasteiger partial charge in [0.15, 0.2) is 0 Å². The van der Waals surface area contributed by atoms with Gasteiger partial charge in [-0.3, -0.25) is 9.59 Å². The van der Waals surface area contributed by atoms with E-state index in [0.29, 0.717) is 19.5 Å². The Morgan fingerprint density at radius 3 is 2.71 bits per heavy atom. The second kappa shape index (κ2) is 7.22. The van der Waals surface area contributed by atoms with Gasteiger partial charge in [-0.1, -0.05) is 31.2 Å². The Morgan fingerprint density at radius 1 is 1.33 bits per heavy atom. The molecule has 0 bridgehead atoms. The highest BCUT2D eigenvalue weighted by molar-refractivity contribution is 5.87. The van der Waals surface area contributed by atoms with Crippen molar-refractivity contribution in [3.8, 4) is 0 Å². The smallest absolute Gasteiger partial charge is 0.240 e. The normalized spacial score (nSPS) is 17.0. The first-order valence-corrected chi connectivity index (χ1v) is 7.45. The number of amides is 2. The number of hydrogen-bond acceptors (Lipinski definition) is 3. The molecule has 2 amide bonds. The number of benzene rings is 1. The molecule has 0 aliphatic carbocycles. The first kappa shape index (κ1) is 15.5. The topological polar surface area (TPSA) is 61.4 Å². The maximum Gasteiger partial charge on any atom is 0.240 e. The van der Waals surface area contributed by atoms with Crippen molar-refractivity contribution < 1.29 is 9.59 Å². The van der Waals surface area contributed by atoms with E-state index >= 15 is 0 Å². The Hall–Kier alpha value is -1.88. The molecule has 2 rings (SSSR count). The van der Waals surface area contributed by atoms with Crippen molar-refractivity contribution in [1.29, 1.82) is 0 Å². The minimum Gasteiger partial charge on any atom is -0.358 e. The van der Waals surface area contributed by atoms with Crippen LogP contribution in [0.2, 0.25) is 0 Å². The number of likely N-dealkylation sites (N-methyl/N-ethyl adjacent to an activating group) is 1. The van der Waals surface area contributed by atoms with Crippen molar-refractivity contribution in [2.24, 2.45) is 0 Å². The average Bonchev–Trinajstić information content (AvgIpc) is 2.53. The molecule has 1 aliphatic rings. The standard InChI is InChI=1S/C16H23N3O2/c1-3-8-19(11-15(20)17-2)16(21)14-9-12-6-4-5-7-13(12)10-18-14/h4-7,14,18H,3,8-11H2,1-2H3,(H,17,20)/t14-/m0/s1. The minimum atomic E-state index is -0.240. The van der Waals surface area contributed by atoms with E-state index in [9.17, 15) is 9.59 Å². The van der Waals surface area contributed by atoms with E-state index in [2.05, 4.69) is 22.8 Å². The van der Waals surface area contributed by atoms with Gasteiger partial charge in [0.05, 0.1) is 12.6 Å². The lowest BCUT2D eigenvalue weighted by molar-refractivity contribution is -0.137. The summed E-state index contributed by atoms with van der Waals surface area (Å²) >= 11 is 0. The van der Waals surface area contributed by atoms with Gasteiger partial charge in [0, 0.05) is 20.1 Å². The summed E-state index contributed by atoms with van der Waals surface area (Å²) < 4.78 is 0. The van der Waals surface area contributed by atoms with Crippen LogP contribution in [0.15, 0.2) is 24.3 Å². The molecule has 5 heteroatoms. The van der Waals surface area contributed by atoms with Crippen LogP contribution in [-0.2, 0) is 22.6 Å². The van der Waals surface area contributed by atoms with E-state index in [1.54, 1.807) is 11.9 Å². The maximum absolute atomic E-state index is 12.6. The summed E-state index contributed by atoms with van der Waals surface area (Å²) in [6.45, 7) is 3.44. The summed E-state index contributed by atoms with van der Waals surface area (Å²) in [6, 6.07) is 7.92. The van der Waals surface area contributed by atoms with Crippen LogP contribution >= 0.6 is 0 Å². The number of nitrogens with zero attached hydrogens (tertiary/aromatic N) is 1. The molecule has 0 aromatic heterocycles. The highest BCUT2D eigenvalue weighted by Gasteiger charge is 2.28. The van der Waals surface area contributed by atoms with Crippen LogP contribution in [-0.4, -0.2) is 42.9 Å². The van der Waals surface area contributed by atoms with E-state index in [0.717, 1.165) is 6.42 Å². The van der Waals surface area contributed by atoms with E-state index in [1.165, 1.54) is 11.1 Å². The van der Waals surface area contributed by atoms with Gasteiger partial charge in [-0.15, -0.1) is 0 Å². The molecule has 5 nitrogen and oxygen atoms in total. The summed E-state index contributed by atoms with van der Waals surface area (Å²) in [7, 11) is 1.59. The van der Waals surface area contributed by atoms with Gasteiger partial charge in [0.1, 0.15) is 0 Å². The Balaban J connectivity index is 2.06. The predicted molar refractivity (Wildman–Crippen MR) is 81.7 cm³/mol. The molecule has 1 heterocycles. The number of carbonyl (C=O) groups is 2. The van der Waals surface area contributed by atoms with Crippen LogP contribution in [0, 0.1) is 0 Å². The Morgan fingerprint density at radius 2 is 2.05 bits per heavy atom. The van der Waals surface area contributed by atoms with Crippen LogP contribution in [0.25, 0.3) is 0 Å². The molecule has 1 aromatic carbocycles. The number of carbonyl (C=O) groups excluding carboxylic acids is 2. The third kappa shape index (κ3) is 3.82. The van der Waals surface area contributed by atoms with Crippen LogP contribution in [0.5, 0.6) is 0 Å². The van der Waals surface area contributed by atoms with Crippen molar-refractivity contribution in [2.45, 2.75) is 32.4 Å². The van der Waals surface area contributed by atoms with Crippen LogP contribution < -0.4 is 10.6 Å². The molecule has 1 atom stereocenters. The molecule has 0 saturated carbocycles. The zero-order chi connectivity index (χ0) is 15.2. The lowest BCUT2D eigenvalue weighted by atomic mass is 9.95. The van der Waals surface area contributed by atoms with Crippen LogP contribution in [0.1, 0.15) is 24.5 Å². The molecule has 0 fully saturated rings. The second-order valence-corrected chi connectivity index (χ2v) is 5.34. The van der Waals surface area contributed by atoms with E-state index in [-0.39, 0.29) is 24.4 Å². The monoisotopic (exact) mass is 289 g/mol. The quantitative estimate of drug-likeness (QED) is 0.838. The van der Waals surface area contributed by atoms with Gasteiger partial charge in [-0.2, -0.15) is 0 Å². The fourth-order valence-corrected chi connectivity index (χ4v) is 2.64. The molecule has 0 spiro atoms. The number of rotatable bonds is 5. The Bertz CT molecular complexity index is 516. The molecule has 0 unspecified atom stereocenters. The van der Waals surface area contributed by atoms with E-state index in [4.69, 9.17) is 0 Å². The van der Waals surface area contributed by atoms with E-state index < -0.39 is 0 Å². The summed E-state index contributed by atoms with van der Waals surface area (Å²) in [5, 5.41) is 5.86. The summed E-state index contributed by atoms with van der Waals surface area (Å²) in [5.74, 6) is -0.122. The van der Waals surface area contributed by atoms with Gasteiger partial charge in [0.25, 0.3) is 0 Å². The van der Waals surface area contributed by atoms with Crippen molar-refractivity contribution in [3.05, 3.63) is 35.4 Å². The highest BCUT2D eigenvalue weighted by atomic mass is 16.2. The molecular weight excluding hydrogens is 266 g/mol.